The normalized spacial score (nSPS) is 10.6. The van der Waals surface area contributed by atoms with E-state index in [0.717, 1.165) is 5.56 Å². The number of amides is 1. The van der Waals surface area contributed by atoms with Gasteiger partial charge in [0, 0.05) is 16.5 Å². The molecule has 3 aromatic rings. The molecule has 6 nitrogen and oxygen atoms in total. The topological polar surface area (TPSA) is 80.4 Å². The number of benzene rings is 2. The van der Waals surface area contributed by atoms with Crippen molar-refractivity contribution in [3.8, 4) is 5.75 Å². The highest BCUT2D eigenvalue weighted by atomic mass is 16.5. The predicted octanol–water partition coefficient (Wildman–Crippen LogP) is 3.91. The number of hydrogen-bond acceptors (Lipinski definition) is 4. The summed E-state index contributed by atoms with van der Waals surface area (Å²) in [6, 6.07) is 12.6. The summed E-state index contributed by atoms with van der Waals surface area (Å²) in [7, 11) is 1.56. The Labute approximate surface area is 151 Å². The Bertz CT molecular complexity index is 975. The molecular formula is C20H20N2O4. The predicted molar refractivity (Wildman–Crippen MR) is 99.9 cm³/mol. The number of ether oxygens (including phenoxy) is 2. The number of fused-ring (bicyclic) bond motifs is 1. The Balaban J connectivity index is 2.07. The number of rotatable bonds is 5. The van der Waals surface area contributed by atoms with Crippen molar-refractivity contribution in [2.24, 2.45) is 0 Å². The highest BCUT2D eigenvalue weighted by molar-refractivity contribution is 6.14. The van der Waals surface area contributed by atoms with Crippen LogP contribution in [0.15, 0.2) is 42.5 Å². The van der Waals surface area contributed by atoms with E-state index < -0.39 is 5.97 Å². The van der Waals surface area contributed by atoms with E-state index >= 15 is 0 Å². The summed E-state index contributed by atoms with van der Waals surface area (Å²) in [6.45, 7) is 3.88. The molecule has 1 heterocycles. The number of methoxy groups -OCH3 is 1. The molecule has 1 amide bonds. The molecule has 0 unspecified atom stereocenters. The van der Waals surface area contributed by atoms with Crippen LogP contribution in [0.25, 0.3) is 10.9 Å². The SMILES string of the molecule is CCOC(=O)c1[nH]c2ccc(OC)cc2c1NC(=O)c1cccc(C)c1. The molecule has 0 aliphatic heterocycles. The van der Waals surface area contributed by atoms with Crippen molar-refractivity contribution < 1.29 is 19.1 Å². The number of carbonyl (C=O) groups is 2. The van der Waals surface area contributed by atoms with E-state index in [2.05, 4.69) is 10.3 Å². The van der Waals surface area contributed by atoms with Crippen molar-refractivity contribution in [2.45, 2.75) is 13.8 Å². The van der Waals surface area contributed by atoms with Gasteiger partial charge >= 0.3 is 5.97 Å². The Hall–Kier alpha value is -3.28. The summed E-state index contributed by atoms with van der Waals surface area (Å²) >= 11 is 0. The van der Waals surface area contributed by atoms with Crippen LogP contribution in [0.4, 0.5) is 5.69 Å². The van der Waals surface area contributed by atoms with Gasteiger partial charge in [-0.25, -0.2) is 4.79 Å². The first kappa shape index (κ1) is 17.5. The fourth-order valence-electron chi connectivity index (χ4n) is 2.76. The lowest BCUT2D eigenvalue weighted by Gasteiger charge is -2.08. The van der Waals surface area contributed by atoms with Gasteiger partial charge in [-0.3, -0.25) is 4.79 Å². The van der Waals surface area contributed by atoms with Crippen molar-refractivity contribution in [3.63, 3.8) is 0 Å². The molecule has 0 spiro atoms. The number of carbonyl (C=O) groups excluding carboxylic acids is 2. The molecule has 2 aromatic carbocycles. The zero-order chi connectivity index (χ0) is 18.7. The minimum Gasteiger partial charge on any atom is -0.497 e. The Morgan fingerprint density at radius 1 is 1.15 bits per heavy atom. The van der Waals surface area contributed by atoms with Crippen molar-refractivity contribution in [1.29, 1.82) is 0 Å². The lowest BCUT2D eigenvalue weighted by molar-refractivity contribution is 0.0522. The molecule has 0 saturated carbocycles. The number of aromatic nitrogens is 1. The van der Waals surface area contributed by atoms with Crippen LogP contribution in [0.2, 0.25) is 0 Å². The zero-order valence-corrected chi connectivity index (χ0v) is 14.9. The average molecular weight is 352 g/mol. The van der Waals surface area contributed by atoms with E-state index in [-0.39, 0.29) is 18.2 Å². The first-order valence-electron chi connectivity index (χ1n) is 8.28. The molecule has 0 radical (unpaired) electrons. The molecule has 1 aromatic heterocycles. The molecule has 3 rings (SSSR count). The van der Waals surface area contributed by atoms with Gasteiger partial charge in [-0.15, -0.1) is 0 Å². The molecule has 0 saturated heterocycles. The Morgan fingerprint density at radius 3 is 2.65 bits per heavy atom. The van der Waals surface area contributed by atoms with Gasteiger partial charge in [0.15, 0.2) is 0 Å². The van der Waals surface area contributed by atoms with Gasteiger partial charge in [-0.05, 0) is 44.2 Å². The number of nitrogens with one attached hydrogen (secondary N) is 2. The van der Waals surface area contributed by atoms with Crippen LogP contribution in [-0.2, 0) is 4.74 Å². The molecule has 0 aliphatic carbocycles. The van der Waals surface area contributed by atoms with E-state index in [1.54, 1.807) is 44.4 Å². The maximum Gasteiger partial charge on any atom is 0.356 e. The smallest absolute Gasteiger partial charge is 0.356 e. The van der Waals surface area contributed by atoms with Crippen LogP contribution >= 0.6 is 0 Å². The number of aryl methyl sites for hydroxylation is 1. The summed E-state index contributed by atoms with van der Waals surface area (Å²) in [5.41, 5.74) is 2.77. The molecule has 6 heteroatoms. The maximum absolute atomic E-state index is 12.7. The van der Waals surface area contributed by atoms with Crippen LogP contribution in [0.3, 0.4) is 0 Å². The van der Waals surface area contributed by atoms with Crippen molar-refractivity contribution in [1.82, 2.24) is 4.98 Å². The molecule has 0 fully saturated rings. The molecule has 0 aliphatic rings. The molecular weight excluding hydrogens is 332 g/mol. The largest absolute Gasteiger partial charge is 0.497 e. The van der Waals surface area contributed by atoms with Gasteiger partial charge in [0.25, 0.3) is 5.91 Å². The molecule has 0 bridgehead atoms. The monoisotopic (exact) mass is 352 g/mol. The van der Waals surface area contributed by atoms with Crippen LogP contribution < -0.4 is 10.1 Å². The third-order valence-electron chi connectivity index (χ3n) is 4.00. The van der Waals surface area contributed by atoms with Gasteiger partial charge in [-0.2, -0.15) is 0 Å². The van der Waals surface area contributed by atoms with E-state index in [9.17, 15) is 9.59 Å². The molecule has 134 valence electrons. The maximum atomic E-state index is 12.7. The number of hydrogen-bond donors (Lipinski definition) is 2. The standard InChI is InChI=1S/C20H20N2O4/c1-4-26-20(24)18-17(15-11-14(25-3)8-9-16(15)21-18)22-19(23)13-7-5-6-12(2)10-13/h5-11,21H,4H2,1-3H3,(H,22,23). The molecule has 26 heavy (non-hydrogen) atoms. The third-order valence-corrected chi connectivity index (χ3v) is 4.00. The summed E-state index contributed by atoms with van der Waals surface area (Å²) in [6.07, 6.45) is 0. The second-order valence-corrected chi connectivity index (χ2v) is 5.83. The van der Waals surface area contributed by atoms with Crippen molar-refractivity contribution >= 4 is 28.5 Å². The van der Waals surface area contributed by atoms with Crippen molar-refractivity contribution in [2.75, 3.05) is 19.0 Å². The second kappa shape index (κ2) is 7.31. The minimum atomic E-state index is -0.526. The van der Waals surface area contributed by atoms with Crippen LogP contribution in [-0.4, -0.2) is 30.6 Å². The number of anilines is 1. The fourth-order valence-corrected chi connectivity index (χ4v) is 2.76. The van der Waals surface area contributed by atoms with Gasteiger partial charge in [0.05, 0.1) is 19.4 Å². The number of H-pyrrole nitrogens is 1. The van der Waals surface area contributed by atoms with Crippen LogP contribution in [0.1, 0.15) is 33.3 Å². The summed E-state index contributed by atoms with van der Waals surface area (Å²) in [5, 5.41) is 3.52. The molecule has 0 atom stereocenters. The zero-order valence-electron chi connectivity index (χ0n) is 14.9. The molecule has 2 N–H and O–H groups in total. The lowest BCUT2D eigenvalue weighted by atomic mass is 10.1. The first-order chi connectivity index (χ1) is 12.5. The van der Waals surface area contributed by atoms with Crippen LogP contribution in [0.5, 0.6) is 5.75 Å². The quantitative estimate of drug-likeness (QED) is 0.682. The highest BCUT2D eigenvalue weighted by Gasteiger charge is 2.21. The second-order valence-electron chi connectivity index (χ2n) is 5.83. The Kier molecular flexibility index (Phi) is 4.93. The van der Waals surface area contributed by atoms with Gasteiger partial charge < -0.3 is 19.8 Å². The summed E-state index contributed by atoms with van der Waals surface area (Å²) in [4.78, 5) is 28.0. The number of esters is 1. The minimum absolute atomic E-state index is 0.205. The van der Waals surface area contributed by atoms with Crippen LogP contribution in [0, 0.1) is 6.92 Å². The van der Waals surface area contributed by atoms with Gasteiger partial charge in [0.1, 0.15) is 11.4 Å². The van der Waals surface area contributed by atoms with E-state index in [0.29, 0.717) is 27.9 Å². The average Bonchev–Trinajstić information content (AvgIpc) is 2.99. The van der Waals surface area contributed by atoms with E-state index in [1.807, 2.05) is 19.1 Å². The van der Waals surface area contributed by atoms with Crippen molar-refractivity contribution in [3.05, 3.63) is 59.3 Å². The summed E-state index contributed by atoms with van der Waals surface area (Å²) < 4.78 is 10.4. The highest BCUT2D eigenvalue weighted by Crippen LogP contribution is 2.32. The lowest BCUT2D eigenvalue weighted by Crippen LogP contribution is -2.15. The van der Waals surface area contributed by atoms with E-state index in [1.165, 1.54) is 0 Å². The number of aromatic amines is 1. The first-order valence-corrected chi connectivity index (χ1v) is 8.28. The third kappa shape index (κ3) is 3.39. The van der Waals surface area contributed by atoms with Gasteiger partial charge in [0.2, 0.25) is 0 Å². The Morgan fingerprint density at radius 2 is 1.96 bits per heavy atom. The fraction of sp³-hybridized carbons (Fsp3) is 0.200. The summed E-state index contributed by atoms with van der Waals surface area (Å²) in [5.74, 6) is -0.205. The van der Waals surface area contributed by atoms with Gasteiger partial charge in [-0.1, -0.05) is 17.7 Å². The van der Waals surface area contributed by atoms with E-state index in [4.69, 9.17) is 9.47 Å².